The standard InChI is InChI=1S/C24H22N2O3/c1-15(2)29-18-13-11-17(12-14-18)21-22(24(28)26(3)23(21)27)25-20-10-6-8-16-7-4-5-9-19(16)20/h4-15,25H,1-3H3. The number of likely N-dealkylation sites (N-methyl/N-ethyl adjacent to an activating group) is 1. The van der Waals surface area contributed by atoms with Gasteiger partial charge >= 0.3 is 0 Å². The average Bonchev–Trinajstić information content (AvgIpc) is 2.92. The van der Waals surface area contributed by atoms with Crippen LogP contribution in [0.25, 0.3) is 16.3 Å². The Morgan fingerprint density at radius 2 is 1.55 bits per heavy atom. The number of rotatable bonds is 5. The van der Waals surface area contributed by atoms with Crippen LogP contribution in [0.5, 0.6) is 5.75 Å². The SMILES string of the molecule is CC(C)Oc1ccc(C2=C(Nc3cccc4ccccc34)C(=O)N(C)C2=O)cc1. The van der Waals surface area contributed by atoms with Gasteiger partial charge in [-0.3, -0.25) is 14.5 Å². The van der Waals surface area contributed by atoms with Crippen molar-refractivity contribution in [1.29, 1.82) is 0 Å². The van der Waals surface area contributed by atoms with Gasteiger partial charge < -0.3 is 10.1 Å². The molecule has 3 aromatic carbocycles. The lowest BCUT2D eigenvalue weighted by Crippen LogP contribution is -2.27. The maximum absolute atomic E-state index is 12.8. The molecule has 0 atom stereocenters. The fourth-order valence-corrected chi connectivity index (χ4v) is 3.47. The third-order valence-corrected chi connectivity index (χ3v) is 4.85. The van der Waals surface area contributed by atoms with E-state index in [1.807, 2.05) is 80.6 Å². The monoisotopic (exact) mass is 386 g/mol. The second kappa shape index (κ2) is 7.43. The van der Waals surface area contributed by atoms with Gasteiger partial charge in [0.2, 0.25) is 0 Å². The van der Waals surface area contributed by atoms with Crippen LogP contribution in [0.4, 0.5) is 5.69 Å². The minimum Gasteiger partial charge on any atom is -0.491 e. The van der Waals surface area contributed by atoms with Crippen molar-refractivity contribution >= 4 is 33.8 Å². The number of carbonyl (C=O) groups excluding carboxylic acids is 2. The van der Waals surface area contributed by atoms with Gasteiger partial charge in [-0.1, -0.05) is 48.5 Å². The van der Waals surface area contributed by atoms with Crippen LogP contribution in [-0.4, -0.2) is 29.9 Å². The molecule has 1 aliphatic rings. The van der Waals surface area contributed by atoms with Gasteiger partial charge in [-0.25, -0.2) is 0 Å². The summed E-state index contributed by atoms with van der Waals surface area (Å²) in [5.41, 5.74) is 2.10. The molecule has 0 spiro atoms. The number of ether oxygens (including phenoxy) is 1. The number of nitrogens with zero attached hydrogens (tertiary/aromatic N) is 1. The first kappa shape index (κ1) is 18.7. The van der Waals surface area contributed by atoms with Crippen LogP contribution < -0.4 is 10.1 Å². The molecule has 2 amide bonds. The zero-order valence-electron chi connectivity index (χ0n) is 16.6. The Kier molecular flexibility index (Phi) is 4.80. The Balaban J connectivity index is 1.78. The normalized spacial score (nSPS) is 14.3. The minimum absolute atomic E-state index is 0.0597. The summed E-state index contributed by atoms with van der Waals surface area (Å²) in [4.78, 5) is 26.8. The summed E-state index contributed by atoms with van der Waals surface area (Å²) in [6.45, 7) is 3.91. The van der Waals surface area contributed by atoms with Crippen LogP contribution in [0.2, 0.25) is 0 Å². The first-order valence-corrected chi connectivity index (χ1v) is 9.54. The molecule has 1 aliphatic heterocycles. The molecule has 0 aliphatic carbocycles. The van der Waals surface area contributed by atoms with E-state index in [0.717, 1.165) is 27.1 Å². The van der Waals surface area contributed by atoms with Gasteiger partial charge in [0.15, 0.2) is 0 Å². The summed E-state index contributed by atoms with van der Waals surface area (Å²) < 4.78 is 5.68. The smallest absolute Gasteiger partial charge is 0.277 e. The van der Waals surface area contributed by atoms with Gasteiger partial charge in [-0.15, -0.1) is 0 Å². The highest BCUT2D eigenvalue weighted by molar-refractivity contribution is 6.36. The number of imide groups is 1. The Hall–Kier alpha value is -3.60. The predicted octanol–water partition coefficient (Wildman–Crippen LogP) is 4.45. The first-order chi connectivity index (χ1) is 14.0. The van der Waals surface area contributed by atoms with Crippen LogP contribution >= 0.6 is 0 Å². The highest BCUT2D eigenvalue weighted by Gasteiger charge is 2.36. The van der Waals surface area contributed by atoms with Gasteiger partial charge in [0.25, 0.3) is 11.8 Å². The molecule has 0 radical (unpaired) electrons. The van der Waals surface area contributed by atoms with E-state index in [1.54, 1.807) is 0 Å². The lowest BCUT2D eigenvalue weighted by atomic mass is 10.0. The quantitative estimate of drug-likeness (QED) is 0.658. The maximum Gasteiger partial charge on any atom is 0.277 e. The lowest BCUT2D eigenvalue weighted by Gasteiger charge is -2.12. The van der Waals surface area contributed by atoms with E-state index < -0.39 is 0 Å². The molecule has 1 heterocycles. The number of benzene rings is 3. The van der Waals surface area contributed by atoms with Crippen molar-refractivity contribution in [2.24, 2.45) is 0 Å². The van der Waals surface area contributed by atoms with E-state index in [0.29, 0.717) is 11.1 Å². The molecule has 4 rings (SSSR count). The van der Waals surface area contributed by atoms with Crippen molar-refractivity contribution in [3.63, 3.8) is 0 Å². The summed E-state index contributed by atoms with van der Waals surface area (Å²) in [7, 11) is 1.50. The zero-order valence-corrected chi connectivity index (χ0v) is 16.6. The fourth-order valence-electron chi connectivity index (χ4n) is 3.47. The molecule has 146 valence electrons. The molecule has 1 N–H and O–H groups in total. The number of carbonyl (C=O) groups is 2. The lowest BCUT2D eigenvalue weighted by molar-refractivity contribution is -0.135. The van der Waals surface area contributed by atoms with E-state index in [2.05, 4.69) is 5.32 Å². The molecule has 5 nitrogen and oxygen atoms in total. The molecular weight excluding hydrogens is 364 g/mol. The van der Waals surface area contributed by atoms with Gasteiger partial charge in [-0.05, 0) is 43.0 Å². The number of nitrogens with one attached hydrogen (secondary N) is 1. The molecule has 0 fully saturated rings. The van der Waals surface area contributed by atoms with E-state index in [1.165, 1.54) is 7.05 Å². The number of anilines is 1. The molecule has 5 heteroatoms. The summed E-state index contributed by atoms with van der Waals surface area (Å²) in [6.07, 6.45) is 0.0597. The Morgan fingerprint density at radius 3 is 2.28 bits per heavy atom. The number of amides is 2. The average molecular weight is 386 g/mol. The topological polar surface area (TPSA) is 58.6 Å². The van der Waals surface area contributed by atoms with E-state index in [-0.39, 0.29) is 23.6 Å². The highest BCUT2D eigenvalue weighted by atomic mass is 16.5. The van der Waals surface area contributed by atoms with Crippen molar-refractivity contribution in [1.82, 2.24) is 4.90 Å². The third-order valence-electron chi connectivity index (χ3n) is 4.85. The van der Waals surface area contributed by atoms with E-state index >= 15 is 0 Å². The first-order valence-electron chi connectivity index (χ1n) is 9.54. The molecule has 29 heavy (non-hydrogen) atoms. The van der Waals surface area contributed by atoms with Gasteiger partial charge in [0.05, 0.1) is 11.7 Å². The van der Waals surface area contributed by atoms with E-state index in [4.69, 9.17) is 4.74 Å². The second-order valence-electron chi connectivity index (χ2n) is 7.26. The highest BCUT2D eigenvalue weighted by Crippen LogP contribution is 2.32. The second-order valence-corrected chi connectivity index (χ2v) is 7.26. The molecular formula is C24H22N2O3. The molecule has 0 bridgehead atoms. The summed E-state index contributed by atoms with van der Waals surface area (Å²) >= 11 is 0. The Bertz CT molecular complexity index is 1130. The third kappa shape index (κ3) is 3.47. The molecule has 0 saturated carbocycles. The van der Waals surface area contributed by atoms with Crippen molar-refractivity contribution in [2.75, 3.05) is 12.4 Å². The summed E-state index contributed by atoms with van der Waals surface area (Å²) in [5, 5.41) is 5.27. The minimum atomic E-state index is -0.347. The van der Waals surface area contributed by atoms with Crippen molar-refractivity contribution < 1.29 is 14.3 Å². The molecule has 3 aromatic rings. The predicted molar refractivity (Wildman–Crippen MR) is 114 cm³/mol. The van der Waals surface area contributed by atoms with Gasteiger partial charge in [0, 0.05) is 18.1 Å². The van der Waals surface area contributed by atoms with Crippen LogP contribution in [0.1, 0.15) is 19.4 Å². The Labute approximate surface area is 169 Å². The van der Waals surface area contributed by atoms with Crippen molar-refractivity contribution in [2.45, 2.75) is 20.0 Å². The van der Waals surface area contributed by atoms with Crippen LogP contribution in [0, 0.1) is 0 Å². The maximum atomic E-state index is 12.8. The van der Waals surface area contributed by atoms with Gasteiger partial charge in [0.1, 0.15) is 11.4 Å². The van der Waals surface area contributed by atoms with Gasteiger partial charge in [-0.2, -0.15) is 0 Å². The summed E-state index contributed by atoms with van der Waals surface area (Å²) in [5.74, 6) is 0.0498. The Morgan fingerprint density at radius 1 is 0.862 bits per heavy atom. The number of hydrogen-bond donors (Lipinski definition) is 1. The summed E-state index contributed by atoms with van der Waals surface area (Å²) in [6, 6.07) is 21.0. The molecule has 0 aromatic heterocycles. The largest absolute Gasteiger partial charge is 0.491 e. The number of hydrogen-bond acceptors (Lipinski definition) is 4. The molecule has 0 saturated heterocycles. The van der Waals surface area contributed by atoms with Crippen LogP contribution in [0.15, 0.2) is 72.4 Å². The molecule has 0 unspecified atom stereocenters. The van der Waals surface area contributed by atoms with Crippen LogP contribution in [0.3, 0.4) is 0 Å². The number of fused-ring (bicyclic) bond motifs is 1. The van der Waals surface area contributed by atoms with Crippen LogP contribution in [-0.2, 0) is 9.59 Å². The zero-order chi connectivity index (χ0) is 20.5. The fraction of sp³-hybridized carbons (Fsp3) is 0.167. The van der Waals surface area contributed by atoms with Crippen molar-refractivity contribution in [3.05, 3.63) is 78.0 Å². The van der Waals surface area contributed by atoms with Crippen molar-refractivity contribution in [3.8, 4) is 5.75 Å². The van der Waals surface area contributed by atoms with E-state index in [9.17, 15) is 9.59 Å².